The average molecular weight is 495 g/mol. The van der Waals surface area contributed by atoms with Crippen LogP contribution in [0.3, 0.4) is 0 Å². The summed E-state index contributed by atoms with van der Waals surface area (Å²) in [5, 5.41) is 4.42. The Morgan fingerprint density at radius 3 is 2.60 bits per heavy atom. The number of Topliss-reactive ketones (excluding diaryl/α,β-unsaturated/α-hetero) is 1. The first-order valence-electron chi connectivity index (χ1n) is 12.5. The van der Waals surface area contributed by atoms with Crippen LogP contribution in [-0.4, -0.2) is 27.8 Å². The second kappa shape index (κ2) is 11.2. The molecule has 1 aliphatic carbocycles. The molecule has 1 saturated carbocycles. The molecule has 0 saturated heterocycles. The topological polar surface area (TPSA) is 81.6 Å². The van der Waals surface area contributed by atoms with Crippen molar-refractivity contribution >= 4 is 34.4 Å². The van der Waals surface area contributed by atoms with Crippen LogP contribution in [0.5, 0.6) is 5.75 Å². The van der Waals surface area contributed by atoms with Crippen molar-refractivity contribution in [1.29, 1.82) is 0 Å². The summed E-state index contributed by atoms with van der Waals surface area (Å²) in [6.07, 6.45) is 9.71. The fourth-order valence-electron chi connectivity index (χ4n) is 4.96. The van der Waals surface area contributed by atoms with E-state index < -0.39 is 0 Å². The summed E-state index contributed by atoms with van der Waals surface area (Å²) in [5.41, 5.74) is 10.8. The number of hydrogen-bond acceptors (Lipinski definition) is 5. The lowest BCUT2D eigenvalue weighted by Gasteiger charge is -2.24. The van der Waals surface area contributed by atoms with Gasteiger partial charge in [0, 0.05) is 23.5 Å². The molecule has 3 aromatic rings. The lowest BCUT2D eigenvalue weighted by molar-refractivity contribution is -0.111. The second-order valence-corrected chi connectivity index (χ2v) is 9.75. The summed E-state index contributed by atoms with van der Waals surface area (Å²) in [4.78, 5) is 17.2. The normalized spacial score (nSPS) is 15.2. The van der Waals surface area contributed by atoms with E-state index in [9.17, 15) is 4.79 Å². The van der Waals surface area contributed by atoms with Crippen LogP contribution in [-0.2, 0) is 17.6 Å². The monoisotopic (exact) mass is 494 g/mol. The summed E-state index contributed by atoms with van der Waals surface area (Å²) < 4.78 is 7.67. The zero-order valence-corrected chi connectivity index (χ0v) is 21.6. The maximum absolute atomic E-state index is 12.2. The number of aromatic nitrogens is 2. The smallest absolute Gasteiger partial charge is 0.162 e. The number of carbonyl (C=O) groups excluding carboxylic acids is 1. The van der Waals surface area contributed by atoms with Gasteiger partial charge in [-0.2, -0.15) is 0 Å². The van der Waals surface area contributed by atoms with Crippen LogP contribution in [0.25, 0.3) is 11.2 Å². The Morgan fingerprint density at radius 1 is 1.17 bits per heavy atom. The number of pyridine rings is 1. The highest BCUT2D eigenvalue weighted by molar-refractivity contribution is 6.32. The van der Waals surface area contributed by atoms with Crippen molar-refractivity contribution in [2.45, 2.75) is 71.8 Å². The third-order valence-electron chi connectivity index (χ3n) is 6.63. The lowest BCUT2D eigenvalue weighted by atomic mass is 9.95. The zero-order valence-electron chi connectivity index (χ0n) is 20.9. The van der Waals surface area contributed by atoms with Crippen molar-refractivity contribution in [3.05, 3.63) is 64.1 Å². The molecule has 186 valence electrons. The van der Waals surface area contributed by atoms with E-state index >= 15 is 0 Å². The molecule has 0 spiro atoms. The number of benzene rings is 1. The van der Waals surface area contributed by atoms with Crippen molar-refractivity contribution in [3.63, 3.8) is 0 Å². The SMILES string of the molecule is CCOc1ccc(CCc2nc3cc(C(C(C)=O)=C(C)N)ccn3c2NC2CCCCC2)cc1Cl. The highest BCUT2D eigenvalue weighted by Crippen LogP contribution is 2.29. The van der Waals surface area contributed by atoms with Gasteiger partial charge in [-0.3, -0.25) is 9.20 Å². The number of imidazole rings is 1. The van der Waals surface area contributed by atoms with Crippen LogP contribution >= 0.6 is 11.6 Å². The Labute approximate surface area is 212 Å². The van der Waals surface area contributed by atoms with Crippen LogP contribution in [0.1, 0.15) is 69.7 Å². The van der Waals surface area contributed by atoms with Gasteiger partial charge in [-0.25, -0.2) is 4.98 Å². The maximum Gasteiger partial charge on any atom is 0.162 e. The number of allylic oxidation sites excluding steroid dienone is 2. The van der Waals surface area contributed by atoms with Gasteiger partial charge in [0.25, 0.3) is 0 Å². The van der Waals surface area contributed by atoms with Crippen LogP contribution in [0, 0.1) is 0 Å². The molecule has 0 radical (unpaired) electrons. The molecule has 6 nitrogen and oxygen atoms in total. The standard InChI is InChI=1S/C28H35ClN4O2/c1-4-35-25-13-11-20(16-23(25)29)10-12-24-28(31-22-8-6-5-7-9-22)33-15-14-21(17-26(33)32-24)27(18(2)30)19(3)34/h11,13-17,22,31H,4-10,12,30H2,1-3H3. The molecule has 1 fully saturated rings. The molecule has 0 bridgehead atoms. The number of nitrogens with zero attached hydrogens (tertiary/aromatic N) is 2. The molecule has 3 N–H and O–H groups in total. The first kappa shape index (κ1) is 25.1. The van der Waals surface area contributed by atoms with Gasteiger partial charge in [-0.05, 0) is 81.8 Å². The third kappa shape index (κ3) is 5.81. The predicted molar refractivity (Wildman–Crippen MR) is 143 cm³/mol. The van der Waals surface area contributed by atoms with Gasteiger partial charge < -0.3 is 15.8 Å². The molecule has 4 rings (SSSR count). The molecule has 7 heteroatoms. The number of nitrogens with one attached hydrogen (secondary N) is 1. The Hall–Kier alpha value is -2.99. The Kier molecular flexibility index (Phi) is 8.01. The predicted octanol–water partition coefficient (Wildman–Crippen LogP) is 6.19. The van der Waals surface area contributed by atoms with Crippen molar-refractivity contribution in [1.82, 2.24) is 9.38 Å². The number of rotatable bonds is 9. The lowest BCUT2D eigenvalue weighted by Crippen LogP contribution is -2.23. The highest BCUT2D eigenvalue weighted by Gasteiger charge is 2.20. The number of hydrogen-bond donors (Lipinski definition) is 2. The minimum atomic E-state index is -0.0472. The average Bonchev–Trinajstić information content (AvgIpc) is 3.16. The first-order chi connectivity index (χ1) is 16.9. The van der Waals surface area contributed by atoms with Crippen molar-refractivity contribution < 1.29 is 9.53 Å². The van der Waals surface area contributed by atoms with Crippen molar-refractivity contribution in [2.24, 2.45) is 5.73 Å². The Balaban J connectivity index is 1.67. The minimum absolute atomic E-state index is 0.0472. The summed E-state index contributed by atoms with van der Waals surface area (Å²) >= 11 is 6.41. The van der Waals surface area contributed by atoms with E-state index in [1.807, 2.05) is 37.4 Å². The van der Waals surface area contributed by atoms with Gasteiger partial charge in [-0.1, -0.05) is 36.9 Å². The fourth-order valence-corrected chi connectivity index (χ4v) is 5.22. The van der Waals surface area contributed by atoms with Crippen molar-refractivity contribution in [2.75, 3.05) is 11.9 Å². The van der Waals surface area contributed by atoms with Gasteiger partial charge >= 0.3 is 0 Å². The quantitative estimate of drug-likeness (QED) is 0.346. The largest absolute Gasteiger partial charge is 0.492 e. The van der Waals surface area contributed by atoms with Crippen LogP contribution < -0.4 is 15.8 Å². The number of anilines is 1. The summed E-state index contributed by atoms with van der Waals surface area (Å²) in [7, 11) is 0. The van der Waals surface area contributed by atoms with E-state index in [0.29, 0.717) is 34.7 Å². The van der Waals surface area contributed by atoms with Gasteiger partial charge in [0.1, 0.15) is 17.2 Å². The number of ketones is 1. The number of carbonyl (C=O) groups is 1. The van der Waals surface area contributed by atoms with Crippen LogP contribution in [0.2, 0.25) is 5.02 Å². The van der Waals surface area contributed by atoms with Crippen molar-refractivity contribution in [3.8, 4) is 5.75 Å². The third-order valence-corrected chi connectivity index (χ3v) is 6.92. The molecule has 0 atom stereocenters. The van der Waals surface area contributed by atoms with E-state index in [2.05, 4.69) is 15.8 Å². The van der Waals surface area contributed by atoms with E-state index in [0.717, 1.165) is 41.1 Å². The summed E-state index contributed by atoms with van der Waals surface area (Å²) in [6, 6.07) is 10.3. The summed E-state index contributed by atoms with van der Waals surface area (Å²) in [6.45, 7) is 5.84. The molecule has 35 heavy (non-hydrogen) atoms. The molecule has 1 aromatic carbocycles. The molecule has 0 amide bonds. The zero-order chi connectivity index (χ0) is 24.9. The number of fused-ring (bicyclic) bond motifs is 1. The van der Waals surface area contributed by atoms with E-state index in [-0.39, 0.29) is 5.78 Å². The van der Waals surface area contributed by atoms with Gasteiger partial charge in [0.05, 0.1) is 17.3 Å². The Morgan fingerprint density at radius 2 is 1.94 bits per heavy atom. The van der Waals surface area contributed by atoms with Crippen LogP contribution in [0.15, 0.2) is 42.2 Å². The second-order valence-electron chi connectivity index (χ2n) is 9.34. The minimum Gasteiger partial charge on any atom is -0.492 e. The number of nitrogens with two attached hydrogens (primary N) is 1. The number of aryl methyl sites for hydroxylation is 2. The molecular formula is C28H35ClN4O2. The van der Waals surface area contributed by atoms with E-state index in [1.54, 1.807) is 13.8 Å². The fraction of sp³-hybridized carbons (Fsp3) is 0.429. The first-order valence-corrected chi connectivity index (χ1v) is 12.9. The molecular weight excluding hydrogens is 460 g/mol. The van der Waals surface area contributed by atoms with E-state index in [4.69, 9.17) is 27.1 Å². The number of ether oxygens (including phenoxy) is 1. The molecule has 0 unspecified atom stereocenters. The summed E-state index contributed by atoms with van der Waals surface area (Å²) in [5.74, 6) is 1.70. The van der Waals surface area contributed by atoms with Crippen LogP contribution in [0.4, 0.5) is 5.82 Å². The number of halogens is 1. The van der Waals surface area contributed by atoms with Gasteiger partial charge in [-0.15, -0.1) is 0 Å². The maximum atomic E-state index is 12.2. The Bertz CT molecular complexity index is 1240. The molecule has 2 aromatic heterocycles. The highest BCUT2D eigenvalue weighted by atomic mass is 35.5. The molecule has 1 aliphatic rings. The van der Waals surface area contributed by atoms with E-state index in [1.165, 1.54) is 32.1 Å². The molecule has 2 heterocycles. The van der Waals surface area contributed by atoms with Gasteiger partial charge in [0.15, 0.2) is 5.78 Å². The van der Waals surface area contributed by atoms with Gasteiger partial charge in [0.2, 0.25) is 0 Å². The molecule has 0 aliphatic heterocycles.